The van der Waals surface area contributed by atoms with Gasteiger partial charge in [-0.1, -0.05) is 237 Å². The molecule has 6 nitrogen and oxygen atoms in total. The Labute approximate surface area is 474 Å². The summed E-state index contributed by atoms with van der Waals surface area (Å²) in [6, 6.07) is 97.5. The summed E-state index contributed by atoms with van der Waals surface area (Å²) in [5.74, 6) is 4.37. The number of hydrogen-bond acceptors (Lipinski definition) is 6. The third-order valence-electron chi connectivity index (χ3n) is 17.4. The van der Waals surface area contributed by atoms with Crippen molar-refractivity contribution in [2.75, 3.05) is 0 Å². The Bertz CT molecular complexity index is 4640. The first kappa shape index (κ1) is 46.2. The first-order valence-electron chi connectivity index (χ1n) is 28.0. The summed E-state index contributed by atoms with van der Waals surface area (Å²) in [5, 5.41) is 0. The van der Waals surface area contributed by atoms with E-state index in [0.29, 0.717) is 23.3 Å². The zero-order chi connectivity index (χ0) is 53.9. The molecule has 382 valence electrons. The Morgan fingerprint density at radius 1 is 0.244 bits per heavy atom. The van der Waals surface area contributed by atoms with E-state index in [1.807, 2.05) is 42.5 Å². The Hall–Kier alpha value is -10.7. The molecule has 0 fully saturated rings. The lowest BCUT2D eigenvalue weighted by Gasteiger charge is -2.42. The fourth-order valence-electron chi connectivity index (χ4n) is 13.9. The van der Waals surface area contributed by atoms with Gasteiger partial charge in [-0.3, -0.25) is 0 Å². The van der Waals surface area contributed by atoms with Crippen LogP contribution in [0.25, 0.3) is 90.3 Å². The van der Waals surface area contributed by atoms with E-state index in [1.165, 1.54) is 55.6 Å². The Kier molecular flexibility index (Phi) is 10.3. The molecule has 11 aromatic carbocycles. The van der Waals surface area contributed by atoms with Gasteiger partial charge in [0.15, 0.2) is 23.3 Å². The van der Waals surface area contributed by atoms with E-state index < -0.39 is 5.41 Å². The topological polar surface area (TPSA) is 73.7 Å². The van der Waals surface area contributed by atoms with Crippen LogP contribution in [0, 0.1) is 0 Å². The number of ether oxygens (including phenoxy) is 1. The number of rotatable bonds is 7. The Morgan fingerprint density at radius 3 is 1.26 bits per heavy atom. The van der Waals surface area contributed by atoms with Crippen LogP contribution in [0.1, 0.15) is 67.5 Å². The maximum Gasteiger partial charge on any atom is 0.164 e. The lowest BCUT2D eigenvalue weighted by Crippen LogP contribution is -2.32. The molecule has 82 heavy (non-hydrogen) atoms. The van der Waals surface area contributed by atoms with Crippen molar-refractivity contribution in [2.24, 2.45) is 0 Å². The molecule has 0 amide bonds. The number of fused-ring (bicyclic) bond motifs is 9. The average Bonchev–Trinajstić information content (AvgIpc) is 2.99. The molecule has 4 aliphatic carbocycles. The molecule has 5 aliphatic rings. The van der Waals surface area contributed by atoms with Crippen molar-refractivity contribution in [3.8, 4) is 102 Å². The van der Waals surface area contributed by atoms with E-state index in [0.717, 1.165) is 78.5 Å². The van der Waals surface area contributed by atoms with Crippen LogP contribution in [-0.4, -0.2) is 24.9 Å². The third kappa shape index (κ3) is 6.98. The molecule has 3 heterocycles. The molecule has 6 heteroatoms. The number of para-hydroxylation sites is 1. The van der Waals surface area contributed by atoms with Crippen molar-refractivity contribution in [3.63, 3.8) is 0 Å². The van der Waals surface area contributed by atoms with E-state index >= 15 is 0 Å². The number of aromatic nitrogens is 5. The second-order valence-corrected chi connectivity index (χ2v) is 21.7. The van der Waals surface area contributed by atoms with Crippen molar-refractivity contribution < 1.29 is 4.74 Å². The molecule has 18 rings (SSSR count). The van der Waals surface area contributed by atoms with E-state index in [4.69, 9.17) is 29.7 Å². The Morgan fingerprint density at radius 2 is 0.659 bits per heavy atom. The minimum atomic E-state index is -0.590. The molecule has 0 saturated carbocycles. The maximum absolute atomic E-state index is 6.86. The summed E-state index contributed by atoms with van der Waals surface area (Å²) in [5.41, 5.74) is 24.2. The van der Waals surface area contributed by atoms with Gasteiger partial charge in [-0.05, 0) is 103 Å². The summed E-state index contributed by atoms with van der Waals surface area (Å²) < 4.78 is 6.86. The molecule has 0 N–H and O–H groups in total. The van der Waals surface area contributed by atoms with E-state index in [2.05, 4.69) is 231 Å². The van der Waals surface area contributed by atoms with Gasteiger partial charge >= 0.3 is 0 Å². The van der Waals surface area contributed by atoms with Crippen LogP contribution in [0.3, 0.4) is 0 Å². The largest absolute Gasteiger partial charge is 0.457 e. The van der Waals surface area contributed by atoms with Crippen molar-refractivity contribution >= 4 is 0 Å². The van der Waals surface area contributed by atoms with Crippen molar-refractivity contribution in [1.29, 1.82) is 0 Å². The lowest BCUT2D eigenvalue weighted by atomic mass is 9.60. The van der Waals surface area contributed by atoms with Crippen LogP contribution in [0.15, 0.2) is 273 Å². The molecule has 2 aromatic heterocycles. The highest BCUT2D eigenvalue weighted by Gasteiger charge is 2.51. The molecular formula is C76H47N5O. The molecule has 2 bridgehead atoms. The maximum atomic E-state index is 6.86. The summed E-state index contributed by atoms with van der Waals surface area (Å²) in [4.78, 5) is 26.1. The van der Waals surface area contributed by atoms with Gasteiger partial charge in [-0.2, -0.15) is 0 Å². The second kappa shape index (κ2) is 18.2. The summed E-state index contributed by atoms with van der Waals surface area (Å²) in [6.45, 7) is 0. The quantitative estimate of drug-likeness (QED) is 0.158. The van der Waals surface area contributed by atoms with Gasteiger partial charge in [0.2, 0.25) is 0 Å². The molecule has 13 aromatic rings. The number of nitrogens with zero attached hydrogens (tertiary/aromatic N) is 5. The van der Waals surface area contributed by atoms with Crippen LogP contribution in [-0.2, 0) is 5.41 Å². The standard InChI is InChI=1S/C76H47N5O/c1-4-20-46(21-5-1)72-77-66(45-67(78-72)55-29-11-10-26-52(55)49-38-41-69-65(44-49)76(64-34-18-19-35-68(64)82-69)62-32-16-14-27-53(62)54-28-15-17-33-63(54)76)50-36-39-58-60(42-50)70-56-30-12-13-31-57(56)71(58)61-43-51(37-40-59(61)70)75-80-73(47-22-6-2-7-23-47)79-74(81-75)48-24-8-3-9-25-48/h1-45,70-71H. The molecule has 1 spiro atoms. The van der Waals surface area contributed by atoms with Crippen molar-refractivity contribution in [1.82, 2.24) is 24.9 Å². The van der Waals surface area contributed by atoms with E-state index in [9.17, 15) is 0 Å². The monoisotopic (exact) mass is 1050 g/mol. The van der Waals surface area contributed by atoms with Gasteiger partial charge in [0.25, 0.3) is 0 Å². The van der Waals surface area contributed by atoms with Gasteiger partial charge in [0.05, 0.1) is 16.8 Å². The highest BCUT2D eigenvalue weighted by molar-refractivity contribution is 5.91. The molecule has 2 atom stereocenters. The minimum Gasteiger partial charge on any atom is -0.457 e. The zero-order valence-electron chi connectivity index (χ0n) is 44.3. The highest BCUT2D eigenvalue weighted by atomic mass is 16.5. The van der Waals surface area contributed by atoms with Crippen molar-refractivity contribution in [2.45, 2.75) is 17.3 Å². The predicted molar refractivity (Wildman–Crippen MR) is 326 cm³/mol. The smallest absolute Gasteiger partial charge is 0.164 e. The SMILES string of the molecule is c1ccc(-c2nc(-c3ccc4c(c3)C3c5ccccc5C4c4cc(-c5nc(-c6ccccc6)nc(-c6ccccc6)n5)ccc43)cc(-c3ccccc3-c3ccc4c(c3)C3(c5ccccc5O4)c4ccccc4-c4ccccc43)n2)cc1. The van der Waals surface area contributed by atoms with Crippen LogP contribution < -0.4 is 4.74 Å². The first-order chi connectivity index (χ1) is 40.6. The fraction of sp³-hybridized carbons (Fsp3) is 0.0395. The minimum absolute atomic E-state index is 0.0102. The Balaban J connectivity index is 0.795. The number of hydrogen-bond donors (Lipinski definition) is 0. The first-order valence-corrected chi connectivity index (χ1v) is 28.0. The van der Waals surface area contributed by atoms with Crippen LogP contribution in [0.5, 0.6) is 11.5 Å². The normalized spacial score (nSPS) is 15.0. The van der Waals surface area contributed by atoms with Crippen LogP contribution in [0.2, 0.25) is 0 Å². The van der Waals surface area contributed by atoms with Gasteiger partial charge in [0, 0.05) is 56.3 Å². The average molecular weight is 1050 g/mol. The molecular weight excluding hydrogens is 999 g/mol. The zero-order valence-corrected chi connectivity index (χ0v) is 44.3. The molecule has 1 aliphatic heterocycles. The van der Waals surface area contributed by atoms with Gasteiger partial charge in [-0.25, -0.2) is 24.9 Å². The van der Waals surface area contributed by atoms with Crippen molar-refractivity contribution in [3.05, 3.63) is 329 Å². The predicted octanol–water partition coefficient (Wildman–Crippen LogP) is 17.8. The molecule has 0 radical (unpaired) electrons. The summed E-state index contributed by atoms with van der Waals surface area (Å²) >= 11 is 0. The van der Waals surface area contributed by atoms with E-state index in [-0.39, 0.29) is 11.8 Å². The van der Waals surface area contributed by atoms with Gasteiger partial charge in [0.1, 0.15) is 11.5 Å². The van der Waals surface area contributed by atoms with Crippen LogP contribution >= 0.6 is 0 Å². The molecule has 0 saturated heterocycles. The lowest BCUT2D eigenvalue weighted by molar-refractivity contribution is 0.436. The second-order valence-electron chi connectivity index (χ2n) is 21.7. The summed E-state index contributed by atoms with van der Waals surface area (Å²) in [6.07, 6.45) is 0. The van der Waals surface area contributed by atoms with Crippen LogP contribution in [0.4, 0.5) is 0 Å². The summed E-state index contributed by atoms with van der Waals surface area (Å²) in [7, 11) is 0. The van der Waals surface area contributed by atoms with Gasteiger partial charge < -0.3 is 4.74 Å². The number of benzene rings is 11. The fourth-order valence-corrected chi connectivity index (χ4v) is 13.9. The third-order valence-corrected chi connectivity index (χ3v) is 17.4. The van der Waals surface area contributed by atoms with Gasteiger partial charge in [-0.15, -0.1) is 0 Å². The van der Waals surface area contributed by atoms with E-state index in [1.54, 1.807) is 0 Å². The molecule has 2 unspecified atom stereocenters. The highest BCUT2D eigenvalue weighted by Crippen LogP contribution is 2.63.